The molecule has 1 fully saturated rings. The van der Waals surface area contributed by atoms with Crippen LogP contribution in [-0.4, -0.2) is 41.6 Å². The van der Waals surface area contributed by atoms with Crippen molar-refractivity contribution in [3.63, 3.8) is 0 Å². The summed E-state index contributed by atoms with van der Waals surface area (Å²) in [6.45, 7) is 2.15. The molecule has 3 heteroatoms. The Bertz CT molecular complexity index is 137. The highest BCUT2D eigenvalue weighted by molar-refractivity contribution is 6.17. The van der Waals surface area contributed by atoms with Gasteiger partial charge in [-0.15, -0.1) is 11.6 Å². The van der Waals surface area contributed by atoms with Gasteiger partial charge in [0.2, 0.25) is 0 Å². The summed E-state index contributed by atoms with van der Waals surface area (Å²) in [5.41, 5.74) is 0. The molecule has 1 rings (SSSR count). The Morgan fingerprint density at radius 2 is 1.86 bits per heavy atom. The average Bonchev–Trinajstić information content (AvgIpc) is 2.25. The molecular weight excluding hydrogens is 198 g/mol. The quantitative estimate of drug-likeness (QED) is 0.693. The molecule has 0 aromatic carbocycles. The van der Waals surface area contributed by atoms with Crippen molar-refractivity contribution in [2.75, 3.05) is 25.6 Å². The molecule has 0 radical (unpaired) electrons. The van der Waals surface area contributed by atoms with E-state index in [9.17, 15) is 0 Å². The Balaban J connectivity index is 2.30. The van der Waals surface area contributed by atoms with Crippen LogP contribution in [0.15, 0.2) is 0 Å². The Kier molecular flexibility index (Phi) is 6.57. The van der Waals surface area contributed by atoms with Gasteiger partial charge in [0.15, 0.2) is 0 Å². The van der Waals surface area contributed by atoms with Gasteiger partial charge in [-0.3, -0.25) is 4.90 Å². The Labute approximate surface area is 92.2 Å². The van der Waals surface area contributed by atoms with Gasteiger partial charge in [-0.05, 0) is 25.8 Å². The summed E-state index contributed by atoms with van der Waals surface area (Å²) >= 11 is 5.70. The molecule has 0 spiro atoms. The largest absolute Gasteiger partial charge is 0.395 e. The van der Waals surface area contributed by atoms with E-state index in [1.807, 2.05) is 0 Å². The third kappa shape index (κ3) is 4.16. The predicted octanol–water partition coefficient (Wildman–Crippen LogP) is 2.24. The molecule has 0 aromatic heterocycles. The third-order valence-electron chi connectivity index (χ3n) is 3.06. The molecule has 1 N–H and O–H groups in total. The van der Waals surface area contributed by atoms with Crippen molar-refractivity contribution in [1.82, 2.24) is 4.90 Å². The zero-order valence-corrected chi connectivity index (χ0v) is 9.68. The van der Waals surface area contributed by atoms with Gasteiger partial charge in [0, 0.05) is 18.5 Å². The Morgan fingerprint density at radius 3 is 2.43 bits per heavy atom. The Morgan fingerprint density at radius 1 is 1.14 bits per heavy atom. The van der Waals surface area contributed by atoms with Gasteiger partial charge in [0.05, 0.1) is 6.61 Å². The fourth-order valence-electron chi connectivity index (χ4n) is 2.31. The standard InChI is InChI=1S/C11H22ClNO/c12-7-4-8-13(9-10-14)11-5-2-1-3-6-11/h11,14H,1-10H2. The number of hydrogen-bond donors (Lipinski definition) is 1. The third-order valence-corrected chi connectivity index (χ3v) is 3.32. The van der Waals surface area contributed by atoms with Crippen LogP contribution >= 0.6 is 11.6 Å². The van der Waals surface area contributed by atoms with E-state index in [0.717, 1.165) is 25.4 Å². The molecule has 1 aliphatic rings. The molecule has 1 aliphatic carbocycles. The van der Waals surface area contributed by atoms with Gasteiger partial charge >= 0.3 is 0 Å². The van der Waals surface area contributed by atoms with E-state index in [0.29, 0.717) is 6.04 Å². The lowest BCUT2D eigenvalue weighted by molar-refractivity contribution is 0.124. The molecule has 0 saturated heterocycles. The second-order valence-corrected chi connectivity index (χ2v) is 4.47. The summed E-state index contributed by atoms with van der Waals surface area (Å²) in [5, 5.41) is 8.99. The van der Waals surface area contributed by atoms with Gasteiger partial charge in [-0.2, -0.15) is 0 Å². The molecule has 0 heterocycles. The monoisotopic (exact) mass is 219 g/mol. The first-order valence-electron chi connectivity index (χ1n) is 5.79. The fraction of sp³-hybridized carbons (Fsp3) is 1.00. The van der Waals surface area contributed by atoms with Crippen molar-refractivity contribution in [3.8, 4) is 0 Å². The highest BCUT2D eigenvalue weighted by Gasteiger charge is 2.19. The van der Waals surface area contributed by atoms with Crippen LogP contribution in [0.3, 0.4) is 0 Å². The second-order valence-electron chi connectivity index (χ2n) is 4.09. The number of hydrogen-bond acceptors (Lipinski definition) is 2. The van der Waals surface area contributed by atoms with Crippen molar-refractivity contribution in [1.29, 1.82) is 0 Å². The van der Waals surface area contributed by atoms with Crippen LogP contribution in [0.5, 0.6) is 0 Å². The molecule has 14 heavy (non-hydrogen) atoms. The number of aliphatic hydroxyl groups excluding tert-OH is 1. The molecule has 0 aliphatic heterocycles. The lowest BCUT2D eigenvalue weighted by Crippen LogP contribution is -2.39. The number of halogens is 1. The minimum absolute atomic E-state index is 0.277. The summed E-state index contributed by atoms with van der Waals surface area (Å²) in [7, 11) is 0. The van der Waals surface area contributed by atoms with Gasteiger partial charge in [0.25, 0.3) is 0 Å². The van der Waals surface area contributed by atoms with Crippen LogP contribution in [0.4, 0.5) is 0 Å². The highest BCUT2D eigenvalue weighted by atomic mass is 35.5. The van der Waals surface area contributed by atoms with Gasteiger partial charge in [-0.25, -0.2) is 0 Å². The van der Waals surface area contributed by atoms with Crippen molar-refractivity contribution < 1.29 is 5.11 Å². The first kappa shape index (κ1) is 12.3. The van der Waals surface area contributed by atoms with Crippen LogP contribution in [0, 0.1) is 0 Å². The zero-order chi connectivity index (χ0) is 10.2. The van der Waals surface area contributed by atoms with E-state index in [2.05, 4.69) is 4.90 Å². The molecule has 0 aromatic rings. The van der Waals surface area contributed by atoms with Crippen molar-refractivity contribution in [2.24, 2.45) is 0 Å². The van der Waals surface area contributed by atoms with Crippen molar-refractivity contribution >= 4 is 11.6 Å². The number of alkyl halides is 1. The zero-order valence-electron chi connectivity index (χ0n) is 8.92. The van der Waals surface area contributed by atoms with E-state index in [1.54, 1.807) is 0 Å². The first-order chi connectivity index (χ1) is 6.88. The summed E-state index contributed by atoms with van der Waals surface area (Å²) in [6.07, 6.45) is 7.75. The van der Waals surface area contributed by atoms with Crippen molar-refractivity contribution in [3.05, 3.63) is 0 Å². The summed E-state index contributed by atoms with van der Waals surface area (Å²) in [6, 6.07) is 0.708. The van der Waals surface area contributed by atoms with Crippen LogP contribution in [0.25, 0.3) is 0 Å². The lowest BCUT2D eigenvalue weighted by atomic mass is 9.94. The lowest BCUT2D eigenvalue weighted by Gasteiger charge is -2.33. The minimum atomic E-state index is 0.277. The maximum Gasteiger partial charge on any atom is 0.0558 e. The molecular formula is C11H22ClNO. The number of aliphatic hydroxyl groups is 1. The van der Waals surface area contributed by atoms with E-state index in [-0.39, 0.29) is 6.61 Å². The molecule has 2 nitrogen and oxygen atoms in total. The number of nitrogens with zero attached hydrogens (tertiary/aromatic N) is 1. The average molecular weight is 220 g/mol. The van der Waals surface area contributed by atoms with Crippen LogP contribution < -0.4 is 0 Å². The molecule has 0 unspecified atom stereocenters. The Hall–Kier alpha value is 0.210. The summed E-state index contributed by atoms with van der Waals surface area (Å²) in [4.78, 5) is 2.42. The molecule has 1 saturated carbocycles. The molecule has 84 valence electrons. The van der Waals surface area contributed by atoms with Crippen LogP contribution in [0.2, 0.25) is 0 Å². The van der Waals surface area contributed by atoms with Gasteiger partial charge in [0.1, 0.15) is 0 Å². The first-order valence-corrected chi connectivity index (χ1v) is 6.33. The van der Waals surface area contributed by atoms with Crippen molar-refractivity contribution in [2.45, 2.75) is 44.6 Å². The van der Waals surface area contributed by atoms with E-state index < -0.39 is 0 Å². The van der Waals surface area contributed by atoms with E-state index >= 15 is 0 Å². The van der Waals surface area contributed by atoms with E-state index in [1.165, 1.54) is 32.1 Å². The maximum absolute atomic E-state index is 8.99. The normalized spacial score (nSPS) is 19.1. The second kappa shape index (κ2) is 7.49. The topological polar surface area (TPSA) is 23.5 Å². The maximum atomic E-state index is 8.99. The molecule has 0 amide bonds. The number of rotatable bonds is 6. The van der Waals surface area contributed by atoms with Gasteiger partial charge in [-0.1, -0.05) is 19.3 Å². The summed E-state index contributed by atoms with van der Waals surface area (Å²) < 4.78 is 0. The van der Waals surface area contributed by atoms with Crippen LogP contribution in [-0.2, 0) is 0 Å². The predicted molar refractivity (Wildman–Crippen MR) is 60.9 cm³/mol. The summed E-state index contributed by atoms with van der Waals surface area (Å²) in [5.74, 6) is 0.731. The SMILES string of the molecule is OCCN(CCCCl)C1CCCCC1. The molecule has 0 atom stereocenters. The minimum Gasteiger partial charge on any atom is -0.395 e. The van der Waals surface area contributed by atoms with Gasteiger partial charge < -0.3 is 5.11 Å². The highest BCUT2D eigenvalue weighted by Crippen LogP contribution is 2.22. The van der Waals surface area contributed by atoms with Crippen LogP contribution in [0.1, 0.15) is 38.5 Å². The van der Waals surface area contributed by atoms with E-state index in [4.69, 9.17) is 16.7 Å². The fourth-order valence-corrected chi connectivity index (χ4v) is 2.43. The molecule has 0 bridgehead atoms. The smallest absolute Gasteiger partial charge is 0.0558 e.